The van der Waals surface area contributed by atoms with Crippen LogP contribution in [0.4, 0.5) is 16.3 Å². The average molecular weight is 383 g/mol. The molecule has 28 heavy (non-hydrogen) atoms. The van der Waals surface area contributed by atoms with Crippen molar-refractivity contribution >= 4 is 23.5 Å². The van der Waals surface area contributed by atoms with E-state index in [0.717, 1.165) is 16.8 Å². The smallest absolute Gasteiger partial charge is 0.409 e. The molecule has 0 spiro atoms. The number of aryl methyl sites for hydroxylation is 2. The van der Waals surface area contributed by atoms with Gasteiger partial charge in [0, 0.05) is 31.9 Å². The molecule has 2 amide bonds. The van der Waals surface area contributed by atoms with E-state index in [0.29, 0.717) is 38.6 Å². The first-order valence-corrected chi connectivity index (χ1v) is 9.34. The summed E-state index contributed by atoms with van der Waals surface area (Å²) in [7, 11) is 0. The molecule has 2 aromatic rings. The lowest BCUT2D eigenvalue weighted by molar-refractivity contribution is 0.101. The second-order valence-corrected chi connectivity index (χ2v) is 6.76. The van der Waals surface area contributed by atoms with Gasteiger partial charge in [0.25, 0.3) is 5.91 Å². The zero-order chi connectivity index (χ0) is 20.1. The van der Waals surface area contributed by atoms with E-state index in [1.165, 1.54) is 6.20 Å². The fourth-order valence-corrected chi connectivity index (χ4v) is 3.18. The Morgan fingerprint density at radius 1 is 1.04 bits per heavy atom. The molecule has 0 atom stereocenters. The van der Waals surface area contributed by atoms with Crippen LogP contribution in [-0.2, 0) is 4.74 Å². The molecule has 8 heteroatoms. The minimum Gasteiger partial charge on any atom is -0.450 e. The molecule has 0 saturated carbocycles. The summed E-state index contributed by atoms with van der Waals surface area (Å²) >= 11 is 0. The van der Waals surface area contributed by atoms with Crippen molar-refractivity contribution in [3.8, 4) is 0 Å². The van der Waals surface area contributed by atoms with Gasteiger partial charge in [-0.05, 0) is 44.0 Å². The van der Waals surface area contributed by atoms with Gasteiger partial charge in [-0.25, -0.2) is 14.8 Å². The zero-order valence-corrected chi connectivity index (χ0v) is 16.4. The van der Waals surface area contributed by atoms with E-state index in [1.54, 1.807) is 18.0 Å². The highest BCUT2D eigenvalue weighted by atomic mass is 16.6. The number of carbonyl (C=O) groups is 2. The van der Waals surface area contributed by atoms with Crippen molar-refractivity contribution < 1.29 is 14.3 Å². The summed E-state index contributed by atoms with van der Waals surface area (Å²) in [6.07, 6.45) is 2.79. The topological polar surface area (TPSA) is 87.7 Å². The molecule has 0 unspecified atom stereocenters. The van der Waals surface area contributed by atoms with Gasteiger partial charge in [-0.1, -0.05) is 6.07 Å². The van der Waals surface area contributed by atoms with Gasteiger partial charge < -0.3 is 19.9 Å². The van der Waals surface area contributed by atoms with Crippen molar-refractivity contribution in [3.63, 3.8) is 0 Å². The molecule has 1 aliphatic heterocycles. The molecular weight excluding hydrogens is 358 g/mol. The average Bonchev–Trinajstić information content (AvgIpc) is 2.67. The molecule has 0 aliphatic carbocycles. The minimum absolute atomic E-state index is 0.257. The Labute approximate surface area is 164 Å². The molecular formula is C20H25N5O3. The monoisotopic (exact) mass is 383 g/mol. The van der Waals surface area contributed by atoms with E-state index < -0.39 is 0 Å². The van der Waals surface area contributed by atoms with Gasteiger partial charge in [0.05, 0.1) is 19.0 Å². The summed E-state index contributed by atoms with van der Waals surface area (Å²) in [4.78, 5) is 36.5. The predicted octanol–water partition coefficient (Wildman–Crippen LogP) is 2.62. The maximum atomic E-state index is 12.4. The van der Waals surface area contributed by atoms with Crippen LogP contribution in [-0.4, -0.2) is 59.7 Å². The van der Waals surface area contributed by atoms with E-state index in [9.17, 15) is 9.59 Å². The number of piperazine rings is 1. The van der Waals surface area contributed by atoms with Crippen LogP contribution in [0.15, 0.2) is 30.6 Å². The molecule has 3 rings (SSSR count). The third kappa shape index (κ3) is 4.76. The van der Waals surface area contributed by atoms with Crippen molar-refractivity contribution in [2.75, 3.05) is 43.0 Å². The normalized spacial score (nSPS) is 14.0. The van der Waals surface area contributed by atoms with Crippen LogP contribution >= 0.6 is 0 Å². The summed E-state index contributed by atoms with van der Waals surface area (Å²) in [6.45, 7) is 8.55. The van der Waals surface area contributed by atoms with Crippen LogP contribution in [0.2, 0.25) is 0 Å². The van der Waals surface area contributed by atoms with Crippen LogP contribution in [0.5, 0.6) is 0 Å². The molecule has 2 heterocycles. The highest BCUT2D eigenvalue weighted by Gasteiger charge is 2.23. The number of ether oxygens (including phenoxy) is 1. The Balaban J connectivity index is 1.59. The molecule has 0 radical (unpaired) electrons. The van der Waals surface area contributed by atoms with E-state index in [-0.39, 0.29) is 17.7 Å². The number of carbonyl (C=O) groups excluding carboxylic acids is 2. The zero-order valence-electron chi connectivity index (χ0n) is 16.4. The Morgan fingerprint density at radius 2 is 1.71 bits per heavy atom. The van der Waals surface area contributed by atoms with Gasteiger partial charge in [-0.2, -0.15) is 0 Å². The number of nitrogens with one attached hydrogen (secondary N) is 1. The standard InChI is InChI=1S/C20H25N5O3/c1-4-28-20(27)25-7-5-24(6-8-25)18-13-21-17(12-22-18)19(26)23-16-10-14(2)9-15(3)11-16/h9-13H,4-8H2,1-3H3,(H,23,26). The Hall–Kier alpha value is -3.16. The van der Waals surface area contributed by atoms with Gasteiger partial charge in [0.2, 0.25) is 0 Å². The Kier molecular flexibility index (Phi) is 6.08. The number of anilines is 2. The van der Waals surface area contributed by atoms with Gasteiger partial charge in [-0.15, -0.1) is 0 Å². The number of benzene rings is 1. The summed E-state index contributed by atoms with van der Waals surface area (Å²) in [5.41, 5.74) is 3.16. The van der Waals surface area contributed by atoms with Gasteiger partial charge in [-0.3, -0.25) is 4.79 Å². The van der Waals surface area contributed by atoms with Crippen molar-refractivity contribution in [1.29, 1.82) is 0 Å². The number of aromatic nitrogens is 2. The molecule has 1 N–H and O–H groups in total. The second kappa shape index (κ2) is 8.69. The summed E-state index contributed by atoms with van der Waals surface area (Å²) < 4.78 is 5.02. The van der Waals surface area contributed by atoms with Gasteiger partial charge >= 0.3 is 6.09 Å². The Morgan fingerprint density at radius 3 is 2.29 bits per heavy atom. The lowest BCUT2D eigenvalue weighted by atomic mass is 10.1. The molecule has 1 aliphatic rings. The summed E-state index contributed by atoms with van der Waals surface area (Å²) in [5, 5.41) is 2.86. The number of rotatable bonds is 4. The number of hydrogen-bond acceptors (Lipinski definition) is 6. The number of hydrogen-bond donors (Lipinski definition) is 1. The molecule has 0 bridgehead atoms. The van der Waals surface area contributed by atoms with Gasteiger partial charge in [0.15, 0.2) is 0 Å². The lowest BCUT2D eigenvalue weighted by Gasteiger charge is -2.34. The fourth-order valence-electron chi connectivity index (χ4n) is 3.18. The first-order chi connectivity index (χ1) is 13.5. The number of nitrogens with zero attached hydrogens (tertiary/aromatic N) is 4. The first-order valence-electron chi connectivity index (χ1n) is 9.34. The maximum absolute atomic E-state index is 12.4. The van der Waals surface area contributed by atoms with E-state index in [2.05, 4.69) is 15.3 Å². The van der Waals surface area contributed by atoms with E-state index >= 15 is 0 Å². The third-order valence-electron chi connectivity index (χ3n) is 4.48. The summed E-state index contributed by atoms with van der Waals surface area (Å²) in [5.74, 6) is 0.391. The van der Waals surface area contributed by atoms with E-state index in [4.69, 9.17) is 4.74 Å². The third-order valence-corrected chi connectivity index (χ3v) is 4.48. The quantitative estimate of drug-likeness (QED) is 0.873. The summed E-state index contributed by atoms with van der Waals surface area (Å²) in [6, 6.07) is 5.87. The molecule has 1 aromatic heterocycles. The Bertz CT molecular complexity index is 825. The van der Waals surface area contributed by atoms with Crippen molar-refractivity contribution in [3.05, 3.63) is 47.4 Å². The van der Waals surface area contributed by atoms with E-state index in [1.807, 2.05) is 36.9 Å². The van der Waals surface area contributed by atoms with Crippen LogP contribution < -0.4 is 10.2 Å². The molecule has 1 fully saturated rings. The minimum atomic E-state index is -0.295. The molecule has 8 nitrogen and oxygen atoms in total. The van der Waals surface area contributed by atoms with Gasteiger partial charge in [0.1, 0.15) is 11.5 Å². The molecule has 1 aromatic carbocycles. The number of amides is 2. The highest BCUT2D eigenvalue weighted by molar-refractivity contribution is 6.02. The van der Waals surface area contributed by atoms with Crippen LogP contribution in [0, 0.1) is 13.8 Å². The fraction of sp³-hybridized carbons (Fsp3) is 0.400. The van der Waals surface area contributed by atoms with Crippen molar-refractivity contribution in [2.45, 2.75) is 20.8 Å². The predicted molar refractivity (Wildman–Crippen MR) is 107 cm³/mol. The largest absolute Gasteiger partial charge is 0.450 e. The molecule has 1 saturated heterocycles. The SMILES string of the molecule is CCOC(=O)N1CCN(c2cnc(C(=O)Nc3cc(C)cc(C)c3)cn2)CC1. The van der Waals surface area contributed by atoms with Crippen LogP contribution in [0.25, 0.3) is 0 Å². The first kappa shape index (κ1) is 19.6. The van der Waals surface area contributed by atoms with Crippen molar-refractivity contribution in [1.82, 2.24) is 14.9 Å². The van der Waals surface area contributed by atoms with Crippen LogP contribution in [0.3, 0.4) is 0 Å². The molecule has 148 valence electrons. The second-order valence-electron chi connectivity index (χ2n) is 6.76. The maximum Gasteiger partial charge on any atom is 0.409 e. The van der Waals surface area contributed by atoms with Crippen LogP contribution in [0.1, 0.15) is 28.5 Å². The van der Waals surface area contributed by atoms with Crippen molar-refractivity contribution in [2.24, 2.45) is 0 Å². The highest BCUT2D eigenvalue weighted by Crippen LogP contribution is 2.16. The lowest BCUT2D eigenvalue weighted by Crippen LogP contribution is -2.49.